The number of carbonyl (C=O) groups excluding carboxylic acids is 1. The van der Waals surface area contributed by atoms with Crippen molar-refractivity contribution in [2.75, 3.05) is 6.61 Å². The van der Waals surface area contributed by atoms with Crippen molar-refractivity contribution < 1.29 is 15.0 Å². The fourth-order valence-corrected chi connectivity index (χ4v) is 1.25. The van der Waals surface area contributed by atoms with Crippen molar-refractivity contribution in [1.29, 1.82) is 0 Å². The van der Waals surface area contributed by atoms with Crippen LogP contribution in [0.15, 0.2) is 18.2 Å². The number of nitrogens with one attached hydrogen (secondary N) is 1. The third-order valence-electron chi connectivity index (χ3n) is 1.98. The highest BCUT2D eigenvalue weighted by Crippen LogP contribution is 2.14. The number of carbonyl (C=O) groups is 1. The molecule has 0 fully saturated rings. The van der Waals surface area contributed by atoms with Gasteiger partial charge in [0.15, 0.2) is 0 Å². The van der Waals surface area contributed by atoms with Crippen LogP contribution < -0.4 is 5.32 Å². The van der Waals surface area contributed by atoms with Gasteiger partial charge in [0, 0.05) is 11.6 Å². The van der Waals surface area contributed by atoms with Crippen LogP contribution >= 0.6 is 0 Å². The zero-order valence-electron chi connectivity index (χ0n) is 8.82. The van der Waals surface area contributed by atoms with Gasteiger partial charge in [-0.05, 0) is 37.6 Å². The lowest BCUT2D eigenvalue weighted by Crippen LogP contribution is -2.34. The third kappa shape index (κ3) is 3.25. The van der Waals surface area contributed by atoms with Gasteiger partial charge in [0.25, 0.3) is 5.91 Å². The van der Waals surface area contributed by atoms with Crippen molar-refractivity contribution in [3.8, 4) is 5.75 Å². The fourth-order valence-electron chi connectivity index (χ4n) is 1.25. The molecule has 0 aromatic heterocycles. The largest absolute Gasteiger partial charge is 0.508 e. The lowest BCUT2D eigenvalue weighted by atomic mass is 10.1. The standard InChI is InChI=1S/C11H15NO3/c1-7-3-9(5-10(14)4-7)11(15)12-8(2)6-13/h3-5,8,13-14H,6H2,1-2H3,(H,12,15)/t8-/m0/s1. The second kappa shape index (κ2) is 4.79. The summed E-state index contributed by atoms with van der Waals surface area (Å²) < 4.78 is 0. The molecule has 82 valence electrons. The van der Waals surface area contributed by atoms with E-state index in [0.29, 0.717) is 5.56 Å². The smallest absolute Gasteiger partial charge is 0.251 e. The molecule has 15 heavy (non-hydrogen) atoms. The number of aryl methyl sites for hydroxylation is 1. The summed E-state index contributed by atoms with van der Waals surface area (Å²) in [5.41, 5.74) is 1.21. The molecule has 1 rings (SSSR count). The van der Waals surface area contributed by atoms with Gasteiger partial charge in [0.1, 0.15) is 5.75 Å². The quantitative estimate of drug-likeness (QED) is 0.690. The number of hydrogen-bond acceptors (Lipinski definition) is 3. The van der Waals surface area contributed by atoms with Gasteiger partial charge in [-0.3, -0.25) is 4.79 Å². The SMILES string of the molecule is Cc1cc(O)cc(C(=O)N[C@@H](C)CO)c1. The Balaban J connectivity index is 2.82. The molecular weight excluding hydrogens is 194 g/mol. The number of amides is 1. The zero-order valence-corrected chi connectivity index (χ0v) is 8.82. The topological polar surface area (TPSA) is 69.6 Å². The number of hydrogen-bond donors (Lipinski definition) is 3. The molecule has 1 amide bonds. The normalized spacial score (nSPS) is 12.2. The van der Waals surface area contributed by atoms with E-state index in [1.165, 1.54) is 6.07 Å². The van der Waals surface area contributed by atoms with Crippen molar-refractivity contribution in [3.63, 3.8) is 0 Å². The molecule has 0 aliphatic heterocycles. The lowest BCUT2D eigenvalue weighted by Gasteiger charge is -2.11. The summed E-state index contributed by atoms with van der Waals surface area (Å²) in [7, 11) is 0. The first-order valence-corrected chi connectivity index (χ1v) is 4.75. The molecule has 0 spiro atoms. The van der Waals surface area contributed by atoms with Gasteiger partial charge in [-0.15, -0.1) is 0 Å². The Kier molecular flexibility index (Phi) is 3.68. The first-order valence-electron chi connectivity index (χ1n) is 4.75. The summed E-state index contributed by atoms with van der Waals surface area (Å²) in [6.45, 7) is 3.39. The van der Waals surface area contributed by atoms with E-state index in [1.54, 1.807) is 26.0 Å². The molecule has 1 aromatic rings. The van der Waals surface area contributed by atoms with Gasteiger partial charge in [0.05, 0.1) is 6.61 Å². The number of rotatable bonds is 3. The van der Waals surface area contributed by atoms with E-state index < -0.39 is 0 Å². The van der Waals surface area contributed by atoms with E-state index in [2.05, 4.69) is 5.32 Å². The first kappa shape index (κ1) is 11.5. The van der Waals surface area contributed by atoms with E-state index in [4.69, 9.17) is 5.11 Å². The van der Waals surface area contributed by atoms with E-state index in [-0.39, 0.29) is 24.3 Å². The summed E-state index contributed by atoms with van der Waals surface area (Å²) in [4.78, 5) is 11.6. The van der Waals surface area contributed by atoms with Crippen LogP contribution in [0.3, 0.4) is 0 Å². The second-order valence-corrected chi connectivity index (χ2v) is 3.61. The monoisotopic (exact) mass is 209 g/mol. The maximum atomic E-state index is 11.6. The van der Waals surface area contributed by atoms with Crippen LogP contribution in [-0.2, 0) is 0 Å². The maximum absolute atomic E-state index is 11.6. The van der Waals surface area contributed by atoms with Gasteiger partial charge in [-0.25, -0.2) is 0 Å². The minimum absolute atomic E-state index is 0.0665. The van der Waals surface area contributed by atoms with Crippen LogP contribution in [0.5, 0.6) is 5.75 Å². The third-order valence-corrected chi connectivity index (χ3v) is 1.98. The minimum Gasteiger partial charge on any atom is -0.508 e. The van der Waals surface area contributed by atoms with Crippen LogP contribution in [-0.4, -0.2) is 28.8 Å². The lowest BCUT2D eigenvalue weighted by molar-refractivity contribution is 0.0922. The number of aromatic hydroxyl groups is 1. The van der Waals surface area contributed by atoms with Crippen molar-refractivity contribution in [2.24, 2.45) is 0 Å². The first-order chi connectivity index (χ1) is 7.02. The van der Waals surface area contributed by atoms with E-state index in [0.717, 1.165) is 5.56 Å². The maximum Gasteiger partial charge on any atom is 0.251 e. The number of phenols is 1. The van der Waals surface area contributed by atoms with Crippen molar-refractivity contribution in [2.45, 2.75) is 19.9 Å². The Morgan fingerprint density at radius 2 is 2.13 bits per heavy atom. The molecule has 0 radical (unpaired) electrons. The van der Waals surface area contributed by atoms with Crippen molar-refractivity contribution >= 4 is 5.91 Å². The zero-order chi connectivity index (χ0) is 11.4. The minimum atomic E-state index is -0.296. The number of aliphatic hydroxyl groups excluding tert-OH is 1. The molecule has 4 heteroatoms. The Labute approximate surface area is 88.6 Å². The average molecular weight is 209 g/mol. The summed E-state index contributed by atoms with van der Waals surface area (Å²) >= 11 is 0. The van der Waals surface area contributed by atoms with Gasteiger partial charge in [-0.1, -0.05) is 0 Å². The molecule has 0 saturated carbocycles. The molecular formula is C11H15NO3. The Bertz CT molecular complexity index is 343. The van der Waals surface area contributed by atoms with Crippen LogP contribution in [0, 0.1) is 6.92 Å². The molecule has 1 atom stereocenters. The molecule has 0 bridgehead atoms. The Morgan fingerprint density at radius 3 is 2.67 bits per heavy atom. The highest BCUT2D eigenvalue weighted by Gasteiger charge is 2.09. The summed E-state index contributed by atoms with van der Waals surface area (Å²) in [6, 6.07) is 4.36. The van der Waals surface area contributed by atoms with Crippen LogP contribution in [0.25, 0.3) is 0 Å². The van der Waals surface area contributed by atoms with Crippen LogP contribution in [0.1, 0.15) is 22.8 Å². The average Bonchev–Trinajstić information content (AvgIpc) is 2.16. The van der Waals surface area contributed by atoms with Crippen molar-refractivity contribution in [1.82, 2.24) is 5.32 Å². The van der Waals surface area contributed by atoms with E-state index in [9.17, 15) is 9.90 Å². The molecule has 1 aromatic carbocycles. The van der Waals surface area contributed by atoms with Gasteiger partial charge in [-0.2, -0.15) is 0 Å². The number of phenolic OH excluding ortho intramolecular Hbond substituents is 1. The number of benzene rings is 1. The van der Waals surface area contributed by atoms with E-state index in [1.807, 2.05) is 0 Å². The molecule has 0 unspecified atom stereocenters. The Morgan fingerprint density at radius 1 is 1.47 bits per heavy atom. The summed E-state index contributed by atoms with van der Waals surface area (Å²) in [5.74, 6) is -0.229. The Hall–Kier alpha value is -1.55. The molecule has 0 saturated heterocycles. The molecule has 4 nitrogen and oxygen atoms in total. The second-order valence-electron chi connectivity index (χ2n) is 3.61. The molecule has 0 aliphatic rings. The van der Waals surface area contributed by atoms with Crippen molar-refractivity contribution in [3.05, 3.63) is 29.3 Å². The van der Waals surface area contributed by atoms with E-state index >= 15 is 0 Å². The molecule has 0 aliphatic carbocycles. The van der Waals surface area contributed by atoms with Gasteiger partial charge < -0.3 is 15.5 Å². The highest BCUT2D eigenvalue weighted by molar-refractivity contribution is 5.94. The number of aliphatic hydroxyl groups is 1. The van der Waals surface area contributed by atoms with Crippen LogP contribution in [0.4, 0.5) is 0 Å². The van der Waals surface area contributed by atoms with Gasteiger partial charge >= 0.3 is 0 Å². The highest BCUT2D eigenvalue weighted by atomic mass is 16.3. The summed E-state index contributed by atoms with van der Waals surface area (Å²) in [6.07, 6.45) is 0. The summed E-state index contributed by atoms with van der Waals surface area (Å²) in [5, 5.41) is 20.7. The van der Waals surface area contributed by atoms with Gasteiger partial charge in [0.2, 0.25) is 0 Å². The predicted molar refractivity (Wildman–Crippen MR) is 56.9 cm³/mol. The fraction of sp³-hybridized carbons (Fsp3) is 0.364. The molecule has 0 heterocycles. The van der Waals surface area contributed by atoms with Crippen LogP contribution in [0.2, 0.25) is 0 Å². The molecule has 3 N–H and O–H groups in total. The predicted octanol–water partition coefficient (Wildman–Crippen LogP) is 0.811.